The molecule has 0 saturated carbocycles. The van der Waals surface area contributed by atoms with Gasteiger partial charge in [-0.15, -0.1) is 0 Å². The molecule has 1 saturated heterocycles. The lowest BCUT2D eigenvalue weighted by Gasteiger charge is -2.26. The number of aryl methyl sites for hydroxylation is 1. The Morgan fingerprint density at radius 2 is 1.66 bits per heavy atom. The summed E-state index contributed by atoms with van der Waals surface area (Å²) in [6.07, 6.45) is 3.14. The smallest absolute Gasteiger partial charge is 0.338 e. The summed E-state index contributed by atoms with van der Waals surface area (Å²) >= 11 is 0. The maximum absolute atomic E-state index is 12.5. The van der Waals surface area contributed by atoms with E-state index in [1.165, 1.54) is 19.2 Å². The van der Waals surface area contributed by atoms with Gasteiger partial charge in [-0.1, -0.05) is 6.07 Å². The summed E-state index contributed by atoms with van der Waals surface area (Å²) in [4.78, 5) is 39.0. The van der Waals surface area contributed by atoms with Crippen molar-refractivity contribution in [2.24, 2.45) is 0 Å². The molecule has 1 fully saturated rings. The van der Waals surface area contributed by atoms with E-state index in [0.717, 1.165) is 37.9 Å². The molecule has 9 heteroatoms. The van der Waals surface area contributed by atoms with Gasteiger partial charge in [-0.2, -0.15) is 0 Å². The number of ether oxygens (including phenoxy) is 4. The fraction of sp³-hybridized carbons (Fsp3) is 0.423. The van der Waals surface area contributed by atoms with Crippen LogP contribution in [-0.4, -0.2) is 62.7 Å². The van der Waals surface area contributed by atoms with Gasteiger partial charge in [0.25, 0.3) is 11.8 Å². The first-order chi connectivity index (χ1) is 16.9. The Balaban J connectivity index is 1.58. The maximum atomic E-state index is 12.5. The minimum absolute atomic E-state index is 0.0770. The normalized spacial score (nSPS) is 13.1. The first-order valence-corrected chi connectivity index (χ1v) is 11.7. The first-order valence-electron chi connectivity index (χ1n) is 11.7. The van der Waals surface area contributed by atoms with E-state index in [-0.39, 0.29) is 18.1 Å². The van der Waals surface area contributed by atoms with Crippen LogP contribution in [-0.2, 0) is 14.3 Å². The molecule has 1 aliphatic rings. The molecular weight excluding hydrogens is 452 g/mol. The molecule has 0 bridgehead atoms. The zero-order valence-corrected chi connectivity index (χ0v) is 20.4. The molecule has 9 nitrogen and oxygen atoms in total. The number of rotatable bonds is 10. The van der Waals surface area contributed by atoms with Gasteiger partial charge in [0.15, 0.2) is 24.7 Å². The molecule has 0 radical (unpaired) electrons. The average molecular weight is 485 g/mol. The lowest BCUT2D eigenvalue weighted by molar-refractivity contribution is -0.134. The number of nitrogens with zero attached hydrogens (tertiary/aromatic N) is 1. The van der Waals surface area contributed by atoms with Crippen LogP contribution in [0.15, 0.2) is 36.4 Å². The van der Waals surface area contributed by atoms with E-state index in [2.05, 4.69) is 5.32 Å². The maximum Gasteiger partial charge on any atom is 0.338 e. The minimum Gasteiger partial charge on any atom is -0.495 e. The Hall–Kier alpha value is -3.75. The number of hydrogen-bond acceptors (Lipinski definition) is 7. The molecule has 2 aromatic rings. The number of piperidine rings is 1. The van der Waals surface area contributed by atoms with Crippen LogP contribution in [0, 0.1) is 6.92 Å². The monoisotopic (exact) mass is 484 g/mol. The fourth-order valence-electron chi connectivity index (χ4n) is 3.72. The number of carbonyl (C=O) groups is 3. The van der Waals surface area contributed by atoms with Gasteiger partial charge < -0.3 is 29.2 Å². The van der Waals surface area contributed by atoms with E-state index in [4.69, 9.17) is 18.9 Å². The molecule has 0 atom stereocenters. The molecule has 0 aliphatic carbocycles. The summed E-state index contributed by atoms with van der Waals surface area (Å²) < 4.78 is 21.7. The number of carbonyl (C=O) groups excluding carboxylic acids is 3. The highest BCUT2D eigenvalue weighted by atomic mass is 16.5. The Morgan fingerprint density at radius 1 is 0.914 bits per heavy atom. The quantitative estimate of drug-likeness (QED) is 0.514. The molecule has 0 spiro atoms. The van der Waals surface area contributed by atoms with E-state index in [1.54, 1.807) is 30.0 Å². The number of anilines is 1. The van der Waals surface area contributed by atoms with E-state index < -0.39 is 18.5 Å². The van der Waals surface area contributed by atoms with Gasteiger partial charge in [-0.3, -0.25) is 9.59 Å². The second kappa shape index (κ2) is 12.6. The molecule has 2 aromatic carbocycles. The van der Waals surface area contributed by atoms with Crippen LogP contribution in [0.25, 0.3) is 0 Å². The summed E-state index contributed by atoms with van der Waals surface area (Å²) in [5.74, 6) is -0.0741. The Morgan fingerprint density at radius 3 is 2.37 bits per heavy atom. The third-order valence-electron chi connectivity index (χ3n) is 5.50. The second-order valence-corrected chi connectivity index (χ2v) is 8.15. The van der Waals surface area contributed by atoms with Gasteiger partial charge in [0.1, 0.15) is 5.75 Å². The number of nitrogens with one attached hydrogen (secondary N) is 1. The number of esters is 1. The van der Waals surface area contributed by atoms with Crippen molar-refractivity contribution in [2.75, 3.05) is 45.3 Å². The molecule has 2 amide bonds. The lowest BCUT2D eigenvalue weighted by Crippen LogP contribution is -2.38. The average Bonchev–Trinajstić information content (AvgIpc) is 2.87. The molecule has 35 heavy (non-hydrogen) atoms. The molecular formula is C26H32N2O7. The van der Waals surface area contributed by atoms with Crippen LogP contribution < -0.4 is 19.5 Å². The van der Waals surface area contributed by atoms with Crippen molar-refractivity contribution in [3.63, 3.8) is 0 Å². The van der Waals surface area contributed by atoms with Crippen LogP contribution in [0.2, 0.25) is 0 Å². The predicted octanol–water partition coefficient (Wildman–Crippen LogP) is 3.59. The zero-order chi connectivity index (χ0) is 25.2. The van der Waals surface area contributed by atoms with Gasteiger partial charge in [0.05, 0.1) is 25.0 Å². The molecule has 188 valence electrons. The molecule has 3 rings (SSSR count). The van der Waals surface area contributed by atoms with Crippen LogP contribution in [0.4, 0.5) is 5.69 Å². The van der Waals surface area contributed by atoms with Crippen molar-refractivity contribution in [1.82, 2.24) is 4.90 Å². The van der Waals surface area contributed by atoms with E-state index in [1.807, 2.05) is 13.0 Å². The van der Waals surface area contributed by atoms with Crippen LogP contribution in [0.1, 0.15) is 42.1 Å². The highest BCUT2D eigenvalue weighted by Gasteiger charge is 2.19. The van der Waals surface area contributed by atoms with Crippen molar-refractivity contribution >= 4 is 23.5 Å². The first kappa shape index (κ1) is 25.9. The molecule has 0 aromatic heterocycles. The lowest BCUT2D eigenvalue weighted by atomic mass is 10.1. The Labute approximate surface area is 205 Å². The summed E-state index contributed by atoms with van der Waals surface area (Å²) in [6, 6.07) is 9.92. The van der Waals surface area contributed by atoms with Gasteiger partial charge >= 0.3 is 5.97 Å². The van der Waals surface area contributed by atoms with Crippen molar-refractivity contribution in [1.29, 1.82) is 0 Å². The van der Waals surface area contributed by atoms with Crippen LogP contribution in [0.3, 0.4) is 0 Å². The number of amides is 2. The third kappa shape index (κ3) is 7.37. The van der Waals surface area contributed by atoms with E-state index >= 15 is 0 Å². The number of hydrogen-bond donors (Lipinski definition) is 1. The number of benzene rings is 2. The van der Waals surface area contributed by atoms with Crippen molar-refractivity contribution in [2.45, 2.75) is 33.1 Å². The summed E-state index contributed by atoms with van der Waals surface area (Å²) in [5, 5.41) is 2.68. The van der Waals surface area contributed by atoms with Gasteiger partial charge in [-0.25, -0.2) is 4.79 Å². The highest BCUT2D eigenvalue weighted by molar-refractivity contribution is 5.96. The zero-order valence-electron chi connectivity index (χ0n) is 20.4. The Kier molecular flexibility index (Phi) is 9.34. The second-order valence-electron chi connectivity index (χ2n) is 8.15. The minimum atomic E-state index is -0.687. The topological polar surface area (TPSA) is 103 Å². The molecule has 1 heterocycles. The largest absolute Gasteiger partial charge is 0.495 e. The molecule has 1 N–H and O–H groups in total. The van der Waals surface area contributed by atoms with Crippen LogP contribution >= 0.6 is 0 Å². The van der Waals surface area contributed by atoms with Gasteiger partial charge in [-0.05, 0) is 69.0 Å². The summed E-state index contributed by atoms with van der Waals surface area (Å²) in [6.45, 7) is 4.95. The number of likely N-dealkylation sites (tertiary alicyclic amines) is 1. The highest BCUT2D eigenvalue weighted by Crippen LogP contribution is 2.29. The molecule has 1 aliphatic heterocycles. The van der Waals surface area contributed by atoms with E-state index in [0.29, 0.717) is 29.5 Å². The van der Waals surface area contributed by atoms with E-state index in [9.17, 15) is 14.4 Å². The SMILES string of the molecule is CCOc1cc(C(=O)OCC(=O)Nc2cc(C)ccc2OC)ccc1OCC(=O)N1CCCCC1. The molecule has 0 unspecified atom stereocenters. The summed E-state index contributed by atoms with van der Waals surface area (Å²) in [7, 11) is 1.51. The Bertz CT molecular complexity index is 1050. The van der Waals surface area contributed by atoms with Crippen molar-refractivity contribution < 1.29 is 33.3 Å². The van der Waals surface area contributed by atoms with Crippen molar-refractivity contribution in [3.8, 4) is 17.2 Å². The third-order valence-corrected chi connectivity index (χ3v) is 5.50. The fourth-order valence-corrected chi connectivity index (χ4v) is 3.72. The van der Waals surface area contributed by atoms with Gasteiger partial charge in [0.2, 0.25) is 0 Å². The van der Waals surface area contributed by atoms with Gasteiger partial charge in [0, 0.05) is 13.1 Å². The van der Waals surface area contributed by atoms with Crippen molar-refractivity contribution in [3.05, 3.63) is 47.5 Å². The van der Waals surface area contributed by atoms with Crippen LogP contribution in [0.5, 0.6) is 17.2 Å². The number of methoxy groups -OCH3 is 1. The predicted molar refractivity (Wildman–Crippen MR) is 130 cm³/mol. The summed E-state index contributed by atoms with van der Waals surface area (Å²) in [5.41, 5.74) is 1.64. The standard InChI is InChI=1S/C26H32N2O7/c1-4-33-23-15-19(9-11-22(23)34-17-25(30)28-12-6-5-7-13-28)26(31)35-16-24(29)27-20-14-18(2)8-10-21(20)32-3/h8-11,14-15H,4-7,12-13,16-17H2,1-3H3,(H,27,29).